The van der Waals surface area contributed by atoms with Crippen LogP contribution in [0, 0.1) is 11.7 Å². The fourth-order valence-electron chi connectivity index (χ4n) is 4.37. The van der Waals surface area contributed by atoms with Crippen LogP contribution in [0.4, 0.5) is 9.18 Å². The highest BCUT2D eigenvalue weighted by Gasteiger charge is 2.72. The first-order valence-corrected chi connectivity index (χ1v) is 17.0. The van der Waals surface area contributed by atoms with Gasteiger partial charge in [0.2, 0.25) is 0 Å². The Hall–Kier alpha value is -2.17. The summed E-state index contributed by atoms with van der Waals surface area (Å²) in [6.45, 7) is 18.0. The van der Waals surface area contributed by atoms with Crippen molar-refractivity contribution in [2.24, 2.45) is 10.9 Å². The van der Waals surface area contributed by atoms with E-state index >= 15 is 4.39 Å². The minimum atomic E-state index is -1.36. The highest BCUT2D eigenvalue weighted by atomic mass is 32.2. The Morgan fingerprint density at radius 1 is 1.32 bits per heavy atom. The van der Waals surface area contributed by atoms with Gasteiger partial charge in [-0.25, -0.2) is 14.1 Å². The maximum Gasteiger partial charge on any atom is 0.418 e. The molecule has 0 bridgehead atoms. The molecule has 1 aromatic rings. The van der Waals surface area contributed by atoms with Crippen LogP contribution in [-0.2, 0) is 24.5 Å². The van der Waals surface area contributed by atoms with E-state index in [2.05, 4.69) is 26.2 Å². The van der Waals surface area contributed by atoms with Gasteiger partial charge in [-0.2, -0.15) is 0 Å². The number of hydrogen-bond donors (Lipinski definition) is 0. The third-order valence-corrected chi connectivity index (χ3v) is 9.73. The zero-order valence-electron chi connectivity index (χ0n) is 23.1. The molecule has 1 aliphatic heterocycles. The Morgan fingerprint density at radius 3 is 2.57 bits per heavy atom. The lowest BCUT2D eigenvalue weighted by Gasteiger charge is -2.37. The molecule has 37 heavy (non-hydrogen) atoms. The van der Waals surface area contributed by atoms with Gasteiger partial charge in [0.25, 0.3) is 0 Å². The van der Waals surface area contributed by atoms with Gasteiger partial charge in [-0.1, -0.05) is 50.1 Å². The molecule has 2 aliphatic rings. The van der Waals surface area contributed by atoms with Crippen molar-refractivity contribution in [2.75, 3.05) is 20.4 Å². The van der Waals surface area contributed by atoms with Crippen LogP contribution in [0.5, 0.6) is 0 Å². The smallest absolute Gasteiger partial charge is 0.418 e. The normalized spacial score (nSPS) is 25.0. The molecule has 0 saturated heterocycles. The van der Waals surface area contributed by atoms with Crippen LogP contribution in [0.25, 0.3) is 6.08 Å². The van der Waals surface area contributed by atoms with Gasteiger partial charge >= 0.3 is 12.1 Å². The summed E-state index contributed by atoms with van der Waals surface area (Å²) in [6.07, 6.45) is 1.42. The number of halogens is 1. The van der Waals surface area contributed by atoms with E-state index in [4.69, 9.17) is 19.2 Å². The number of amidine groups is 1. The summed E-state index contributed by atoms with van der Waals surface area (Å²) in [4.78, 5) is 32.6. The predicted octanol–water partition coefficient (Wildman–Crippen LogP) is 6.27. The molecule has 0 N–H and O–H groups in total. The number of rotatable bonds is 8. The van der Waals surface area contributed by atoms with Crippen LogP contribution in [-0.4, -0.2) is 61.0 Å². The quantitative estimate of drug-likeness (QED) is 0.164. The second-order valence-electron chi connectivity index (χ2n) is 12.0. The van der Waals surface area contributed by atoms with E-state index in [1.807, 2.05) is 0 Å². The molecular weight excluding hydrogens is 511 g/mol. The molecule has 3 rings (SSSR count). The lowest BCUT2D eigenvalue weighted by atomic mass is 9.85. The molecule has 204 valence electrons. The summed E-state index contributed by atoms with van der Waals surface area (Å²) in [6, 6.07) is 5.63. The summed E-state index contributed by atoms with van der Waals surface area (Å²) >= 11 is 1.17. The highest BCUT2D eigenvalue weighted by Crippen LogP contribution is 2.67. The van der Waals surface area contributed by atoms with Crippen LogP contribution >= 0.6 is 11.8 Å². The van der Waals surface area contributed by atoms with Crippen molar-refractivity contribution in [3.8, 4) is 0 Å². The molecule has 0 radical (unpaired) electrons. The van der Waals surface area contributed by atoms with Crippen LogP contribution in [0.1, 0.15) is 45.2 Å². The van der Waals surface area contributed by atoms with E-state index in [0.29, 0.717) is 18.6 Å². The molecule has 0 unspecified atom stereocenters. The molecule has 1 saturated carbocycles. The van der Waals surface area contributed by atoms with E-state index in [1.54, 1.807) is 45.9 Å². The summed E-state index contributed by atoms with van der Waals surface area (Å²) in [5, 5.41) is 0.243. The minimum Gasteiger partial charge on any atom is -0.468 e. The first-order valence-electron chi connectivity index (χ1n) is 12.4. The van der Waals surface area contributed by atoms with E-state index < -0.39 is 41.8 Å². The van der Waals surface area contributed by atoms with Crippen LogP contribution in [0.2, 0.25) is 25.7 Å². The number of ether oxygens (including phenoxy) is 3. The SMILES string of the molecule is C=Cc1ccc(F)c([C@@]2(C)N=C(N(COCC[Si](C)(C)C)C(=O)OC(C)(C)C)S[C@@]3(C(=O)OC)C[C@H]32)c1. The average molecular weight is 551 g/mol. The third-order valence-electron chi connectivity index (χ3n) is 6.55. The van der Waals surface area contributed by atoms with Gasteiger partial charge in [-0.15, -0.1) is 0 Å². The van der Waals surface area contributed by atoms with E-state index in [1.165, 1.54) is 29.8 Å². The lowest BCUT2D eigenvalue weighted by molar-refractivity contribution is -0.141. The van der Waals surface area contributed by atoms with Crippen molar-refractivity contribution in [3.05, 3.63) is 41.7 Å². The maximum atomic E-state index is 15.3. The van der Waals surface area contributed by atoms with E-state index in [9.17, 15) is 9.59 Å². The minimum absolute atomic E-state index is 0.0988. The molecule has 1 aromatic carbocycles. The summed E-state index contributed by atoms with van der Waals surface area (Å²) in [7, 11) is -0.0258. The standard InChI is InChI=1S/C27H39FN2O5SSi/c1-10-18-11-12-20(28)19(15-18)26(5)21-16-27(21,22(31)33-6)36-23(29-26)30(24(32)35-25(2,3)4)17-34-13-14-37(7,8)9/h10-12,15,21H,1,13-14,16-17H2,2-9H3/t21-,26+,27-/m0/s1. The van der Waals surface area contributed by atoms with E-state index in [-0.39, 0.29) is 17.8 Å². The molecule has 10 heteroatoms. The number of fused-ring (bicyclic) bond motifs is 1. The summed E-state index contributed by atoms with van der Waals surface area (Å²) < 4.78 is 31.0. The van der Waals surface area contributed by atoms with Crippen LogP contribution < -0.4 is 0 Å². The Balaban J connectivity index is 2.07. The number of esters is 1. The third kappa shape index (κ3) is 6.46. The van der Waals surface area contributed by atoms with Crippen LogP contribution in [0.3, 0.4) is 0 Å². The number of carbonyl (C=O) groups is 2. The highest BCUT2D eigenvalue weighted by molar-refractivity contribution is 8.15. The Bertz CT molecular complexity index is 1100. The largest absolute Gasteiger partial charge is 0.468 e. The zero-order chi connectivity index (χ0) is 27.8. The number of thioether (sulfide) groups is 1. The molecule has 1 aliphatic carbocycles. The second kappa shape index (κ2) is 10.5. The maximum absolute atomic E-state index is 15.3. The molecule has 0 aromatic heterocycles. The monoisotopic (exact) mass is 550 g/mol. The average Bonchev–Trinajstić information content (AvgIpc) is 3.54. The van der Waals surface area contributed by atoms with Crippen LogP contribution in [0.15, 0.2) is 29.8 Å². The van der Waals surface area contributed by atoms with Crippen molar-refractivity contribution in [2.45, 2.75) is 75.7 Å². The van der Waals surface area contributed by atoms with Gasteiger partial charge in [0.05, 0.1) is 12.6 Å². The molecule has 1 heterocycles. The van der Waals surface area contributed by atoms with Gasteiger partial charge < -0.3 is 14.2 Å². The van der Waals surface area contributed by atoms with Gasteiger partial charge in [0.1, 0.15) is 22.9 Å². The molecular formula is C27H39FN2O5SSi. The van der Waals surface area contributed by atoms with Crippen molar-refractivity contribution in [1.82, 2.24) is 4.90 Å². The van der Waals surface area contributed by atoms with Crippen molar-refractivity contribution in [1.29, 1.82) is 0 Å². The van der Waals surface area contributed by atoms with Gasteiger partial charge in [-0.05, 0) is 57.9 Å². The Morgan fingerprint density at radius 2 is 2.00 bits per heavy atom. The lowest BCUT2D eigenvalue weighted by Crippen LogP contribution is -2.47. The molecule has 1 fully saturated rings. The van der Waals surface area contributed by atoms with Gasteiger partial charge in [0, 0.05) is 26.2 Å². The zero-order valence-corrected chi connectivity index (χ0v) is 25.0. The van der Waals surface area contributed by atoms with Crippen molar-refractivity contribution >= 4 is 43.1 Å². The molecule has 0 spiro atoms. The van der Waals surface area contributed by atoms with Crippen molar-refractivity contribution < 1.29 is 28.2 Å². The number of aliphatic imine (C=N–C) groups is 1. The second-order valence-corrected chi connectivity index (χ2v) is 18.9. The molecule has 1 amide bonds. The summed E-state index contributed by atoms with van der Waals surface area (Å²) in [5.41, 5.74) is -0.822. The Kier molecular flexibility index (Phi) is 8.37. The number of amides is 1. The fraction of sp³-hybridized carbons (Fsp3) is 0.593. The number of carbonyl (C=O) groups excluding carboxylic acids is 2. The molecule has 3 atom stereocenters. The molecule has 7 nitrogen and oxygen atoms in total. The summed E-state index contributed by atoms with van der Waals surface area (Å²) in [5.74, 6) is -1.18. The number of benzene rings is 1. The Labute approximate surface area is 224 Å². The first-order chi connectivity index (χ1) is 17.1. The van der Waals surface area contributed by atoms with Crippen molar-refractivity contribution in [3.63, 3.8) is 0 Å². The predicted molar refractivity (Wildman–Crippen MR) is 149 cm³/mol. The fourth-order valence-corrected chi connectivity index (χ4v) is 6.71. The first kappa shape index (κ1) is 29.4. The topological polar surface area (TPSA) is 77.4 Å². The van der Waals surface area contributed by atoms with Gasteiger partial charge in [0.15, 0.2) is 5.17 Å². The number of hydrogen-bond acceptors (Lipinski definition) is 7. The van der Waals surface area contributed by atoms with Gasteiger partial charge in [-0.3, -0.25) is 9.79 Å². The number of nitrogens with zero attached hydrogens (tertiary/aromatic N) is 2. The number of methoxy groups -OCH3 is 1. The van der Waals surface area contributed by atoms with E-state index in [0.717, 1.165) is 11.6 Å².